The van der Waals surface area contributed by atoms with Crippen LogP contribution in [0.4, 0.5) is 0 Å². The van der Waals surface area contributed by atoms with Crippen molar-refractivity contribution in [3.8, 4) is 0 Å². The fourth-order valence-electron chi connectivity index (χ4n) is 4.35. The van der Waals surface area contributed by atoms with Gasteiger partial charge in [0, 0.05) is 5.92 Å². The molecule has 29 heavy (non-hydrogen) atoms. The molecule has 0 N–H and O–H groups in total. The van der Waals surface area contributed by atoms with E-state index in [-0.39, 0.29) is 23.7 Å². The van der Waals surface area contributed by atoms with E-state index in [2.05, 4.69) is 0 Å². The minimum absolute atomic E-state index is 0.0418. The topological polar surface area (TPSA) is 105 Å². The first kappa shape index (κ1) is 21.6. The zero-order valence-electron chi connectivity index (χ0n) is 17.5. The number of ether oxygens (including phenoxy) is 4. The van der Waals surface area contributed by atoms with Crippen molar-refractivity contribution in [2.75, 3.05) is 13.2 Å². The first-order chi connectivity index (χ1) is 13.6. The number of rotatable bonds is 7. The summed E-state index contributed by atoms with van der Waals surface area (Å²) in [7, 11) is 0. The van der Waals surface area contributed by atoms with Crippen LogP contribution in [0.25, 0.3) is 0 Å². The Balaban J connectivity index is 1.44. The molecule has 0 aromatic heterocycles. The number of fused-ring (bicyclic) bond motifs is 1. The zero-order valence-corrected chi connectivity index (χ0v) is 17.5. The highest BCUT2D eigenvalue weighted by Crippen LogP contribution is 2.48. The maximum absolute atomic E-state index is 12.2. The average molecular weight is 410 g/mol. The van der Waals surface area contributed by atoms with Crippen LogP contribution >= 0.6 is 0 Å². The number of esters is 4. The molecular formula is C21H30O8. The first-order valence-corrected chi connectivity index (χ1v) is 10.3. The summed E-state index contributed by atoms with van der Waals surface area (Å²) in [6.07, 6.45) is 2.25. The Bertz CT molecular complexity index is 682. The van der Waals surface area contributed by atoms with Gasteiger partial charge in [0.1, 0.15) is 12.2 Å². The van der Waals surface area contributed by atoms with Gasteiger partial charge in [0.05, 0.1) is 11.3 Å². The molecule has 0 amide bonds. The highest BCUT2D eigenvalue weighted by molar-refractivity contribution is 5.81. The van der Waals surface area contributed by atoms with Crippen molar-refractivity contribution in [3.63, 3.8) is 0 Å². The molecule has 4 rings (SSSR count). The summed E-state index contributed by atoms with van der Waals surface area (Å²) in [5, 5.41) is 0. The summed E-state index contributed by atoms with van der Waals surface area (Å²) < 4.78 is 20.9. The summed E-state index contributed by atoms with van der Waals surface area (Å²) in [5.41, 5.74) is -0.728. The Hall–Kier alpha value is -2.12. The van der Waals surface area contributed by atoms with Crippen LogP contribution in [0.2, 0.25) is 0 Å². The highest BCUT2D eigenvalue weighted by atomic mass is 16.6. The minimum Gasteiger partial charge on any atom is -0.458 e. The number of carbonyl (C=O) groups is 4. The molecule has 0 aromatic carbocycles. The minimum atomic E-state index is -0.816. The predicted octanol–water partition coefficient (Wildman–Crippen LogP) is 2.03. The maximum atomic E-state index is 12.2. The number of carbonyl (C=O) groups excluding carboxylic acids is 4. The van der Waals surface area contributed by atoms with E-state index in [0.29, 0.717) is 18.8 Å². The van der Waals surface area contributed by atoms with E-state index in [9.17, 15) is 19.2 Å². The van der Waals surface area contributed by atoms with Crippen molar-refractivity contribution in [1.29, 1.82) is 0 Å². The van der Waals surface area contributed by atoms with Crippen LogP contribution in [0.3, 0.4) is 0 Å². The smallest absolute Gasteiger partial charge is 0.344 e. The summed E-state index contributed by atoms with van der Waals surface area (Å²) in [6, 6.07) is 0. The molecule has 162 valence electrons. The molecule has 2 saturated heterocycles. The van der Waals surface area contributed by atoms with Gasteiger partial charge < -0.3 is 18.9 Å². The zero-order chi connectivity index (χ0) is 21.3. The Morgan fingerprint density at radius 3 is 2.41 bits per heavy atom. The fraction of sp³-hybridized carbons (Fsp3) is 0.810. The van der Waals surface area contributed by atoms with Crippen molar-refractivity contribution in [2.24, 2.45) is 29.1 Å². The van der Waals surface area contributed by atoms with Crippen molar-refractivity contribution in [2.45, 2.75) is 65.6 Å². The van der Waals surface area contributed by atoms with Gasteiger partial charge in [-0.25, -0.2) is 9.59 Å². The lowest BCUT2D eigenvalue weighted by atomic mass is 9.67. The second kappa shape index (κ2) is 8.32. The van der Waals surface area contributed by atoms with Gasteiger partial charge >= 0.3 is 23.9 Å². The fourth-order valence-corrected chi connectivity index (χ4v) is 4.35. The Labute approximate surface area is 170 Å². The van der Waals surface area contributed by atoms with Crippen molar-refractivity contribution in [1.82, 2.24) is 0 Å². The van der Waals surface area contributed by atoms with E-state index in [1.807, 2.05) is 13.8 Å². The van der Waals surface area contributed by atoms with E-state index in [1.165, 1.54) is 0 Å². The quantitative estimate of drug-likeness (QED) is 0.464. The van der Waals surface area contributed by atoms with Crippen molar-refractivity contribution in [3.05, 3.63) is 0 Å². The maximum Gasteiger partial charge on any atom is 0.344 e. The van der Waals surface area contributed by atoms with Gasteiger partial charge in [-0.3, -0.25) is 9.59 Å². The molecule has 0 spiro atoms. The van der Waals surface area contributed by atoms with Crippen LogP contribution in [0, 0.1) is 29.1 Å². The molecule has 5 unspecified atom stereocenters. The van der Waals surface area contributed by atoms with Gasteiger partial charge in [-0.05, 0) is 51.4 Å². The lowest BCUT2D eigenvalue weighted by molar-refractivity contribution is -0.180. The summed E-state index contributed by atoms with van der Waals surface area (Å²) >= 11 is 0. The molecule has 0 radical (unpaired) electrons. The van der Waals surface area contributed by atoms with Gasteiger partial charge in [0.2, 0.25) is 0 Å². The Morgan fingerprint density at radius 1 is 1.03 bits per heavy atom. The van der Waals surface area contributed by atoms with Gasteiger partial charge in [0.25, 0.3) is 0 Å². The number of hydrogen-bond donors (Lipinski definition) is 0. The van der Waals surface area contributed by atoms with E-state index in [0.717, 1.165) is 12.8 Å². The number of hydrogen-bond acceptors (Lipinski definition) is 8. The lowest BCUT2D eigenvalue weighted by Crippen LogP contribution is -2.45. The van der Waals surface area contributed by atoms with Gasteiger partial charge in [-0.1, -0.05) is 13.8 Å². The molecule has 4 aliphatic rings. The summed E-state index contributed by atoms with van der Waals surface area (Å²) in [5.74, 6) is -1.73. The molecule has 5 atom stereocenters. The summed E-state index contributed by atoms with van der Waals surface area (Å²) in [4.78, 5) is 48.1. The molecular weight excluding hydrogens is 380 g/mol. The molecule has 8 heteroatoms. The normalized spacial score (nSPS) is 30.5. The second-order valence-electron chi connectivity index (χ2n) is 9.31. The van der Waals surface area contributed by atoms with Crippen LogP contribution < -0.4 is 0 Å². The van der Waals surface area contributed by atoms with E-state index in [1.54, 1.807) is 13.8 Å². The molecule has 2 saturated carbocycles. The van der Waals surface area contributed by atoms with Crippen LogP contribution in [-0.2, 0) is 38.1 Å². The third-order valence-corrected chi connectivity index (χ3v) is 6.75. The first-order valence-electron chi connectivity index (χ1n) is 10.3. The molecule has 4 fully saturated rings. The van der Waals surface area contributed by atoms with Crippen LogP contribution in [0.15, 0.2) is 0 Å². The standard InChI is InChI=1S/C21H30O8/c1-11(2)21(3,4)20(25)27-9-16(22)26-10-17(23)29-18-13-5-12-6-14(8-13)19(24)28-15(18)7-12/h11-15,18H,5-10H2,1-4H3. The lowest BCUT2D eigenvalue weighted by Gasteiger charge is -2.41. The van der Waals surface area contributed by atoms with E-state index < -0.39 is 48.7 Å². The monoisotopic (exact) mass is 410 g/mol. The predicted molar refractivity (Wildman–Crippen MR) is 99.2 cm³/mol. The summed E-state index contributed by atoms with van der Waals surface area (Å²) in [6.45, 7) is 6.13. The van der Waals surface area contributed by atoms with E-state index in [4.69, 9.17) is 18.9 Å². The van der Waals surface area contributed by atoms with Crippen molar-refractivity contribution >= 4 is 23.9 Å². The van der Waals surface area contributed by atoms with Gasteiger partial charge in [-0.15, -0.1) is 0 Å². The van der Waals surface area contributed by atoms with E-state index >= 15 is 0 Å². The molecule has 0 aromatic rings. The highest BCUT2D eigenvalue weighted by Gasteiger charge is 2.51. The average Bonchev–Trinajstić information content (AvgIpc) is 2.81. The Kier molecular flexibility index (Phi) is 6.19. The molecule has 2 aliphatic heterocycles. The van der Waals surface area contributed by atoms with Gasteiger partial charge in [-0.2, -0.15) is 0 Å². The molecule has 4 bridgehead atoms. The van der Waals surface area contributed by atoms with Crippen molar-refractivity contribution < 1.29 is 38.1 Å². The Morgan fingerprint density at radius 2 is 1.72 bits per heavy atom. The van der Waals surface area contributed by atoms with Gasteiger partial charge in [0.15, 0.2) is 13.2 Å². The van der Waals surface area contributed by atoms with Crippen LogP contribution in [0.5, 0.6) is 0 Å². The SMILES string of the molecule is CC(C)C(C)(C)C(=O)OCC(=O)OCC(=O)OC1C2CC3CC(C2)C(=O)OC1C3. The third kappa shape index (κ3) is 4.73. The molecule has 2 heterocycles. The third-order valence-electron chi connectivity index (χ3n) is 6.75. The molecule has 2 aliphatic carbocycles. The van der Waals surface area contributed by atoms with Crippen LogP contribution in [0.1, 0.15) is 53.4 Å². The van der Waals surface area contributed by atoms with Crippen LogP contribution in [-0.4, -0.2) is 49.3 Å². The second-order valence-corrected chi connectivity index (χ2v) is 9.31. The largest absolute Gasteiger partial charge is 0.458 e. The molecule has 8 nitrogen and oxygen atoms in total.